The second kappa shape index (κ2) is 9.58. The van der Waals surface area contributed by atoms with E-state index >= 15 is 0 Å². The topological polar surface area (TPSA) is 77.1 Å². The monoisotopic (exact) mass is 420 g/mol. The molecule has 0 saturated carbocycles. The maximum absolute atomic E-state index is 12.9. The van der Waals surface area contributed by atoms with Crippen molar-refractivity contribution in [3.63, 3.8) is 0 Å². The van der Waals surface area contributed by atoms with Gasteiger partial charge in [0.15, 0.2) is 0 Å². The highest BCUT2D eigenvalue weighted by atomic mass is 32.2. The van der Waals surface area contributed by atoms with Crippen LogP contribution in [-0.2, 0) is 14.8 Å². The van der Waals surface area contributed by atoms with E-state index in [9.17, 15) is 8.42 Å². The summed E-state index contributed by atoms with van der Waals surface area (Å²) in [4.78, 5) is 2.47. The molecule has 7 nitrogen and oxygen atoms in total. The molecule has 8 heteroatoms. The van der Waals surface area contributed by atoms with Crippen molar-refractivity contribution in [2.24, 2.45) is 0 Å². The van der Waals surface area contributed by atoms with Crippen LogP contribution in [0, 0.1) is 6.92 Å². The van der Waals surface area contributed by atoms with Crippen molar-refractivity contribution in [3.8, 4) is 11.5 Å². The first kappa shape index (κ1) is 21.6. The van der Waals surface area contributed by atoms with Crippen LogP contribution in [0.3, 0.4) is 0 Å². The maximum Gasteiger partial charge on any atom is 0.240 e. The fourth-order valence-electron chi connectivity index (χ4n) is 3.46. The van der Waals surface area contributed by atoms with Gasteiger partial charge in [-0.05, 0) is 48.4 Å². The Balaban J connectivity index is 1.80. The van der Waals surface area contributed by atoms with Crippen molar-refractivity contribution in [2.75, 3.05) is 47.1 Å². The van der Waals surface area contributed by atoms with Crippen LogP contribution in [0.25, 0.3) is 0 Å². The normalized spacial score (nSPS) is 16.4. The lowest BCUT2D eigenvalue weighted by Crippen LogP contribution is -2.43. The molecule has 1 saturated heterocycles. The van der Waals surface area contributed by atoms with Gasteiger partial charge in [0.25, 0.3) is 0 Å². The first-order valence-corrected chi connectivity index (χ1v) is 11.0. The van der Waals surface area contributed by atoms with Crippen LogP contribution in [0.2, 0.25) is 0 Å². The zero-order valence-corrected chi connectivity index (χ0v) is 17.9. The van der Waals surface area contributed by atoms with Crippen LogP contribution in [0.4, 0.5) is 0 Å². The van der Waals surface area contributed by atoms with E-state index in [0.717, 1.165) is 30.0 Å². The van der Waals surface area contributed by atoms with Crippen molar-refractivity contribution < 1.29 is 22.6 Å². The van der Waals surface area contributed by atoms with E-state index in [1.165, 1.54) is 0 Å². The number of aryl methyl sites for hydroxylation is 1. The third-order valence-electron chi connectivity index (χ3n) is 5.13. The molecule has 1 aliphatic heterocycles. The highest BCUT2D eigenvalue weighted by Crippen LogP contribution is 2.25. The van der Waals surface area contributed by atoms with E-state index in [0.29, 0.717) is 19.0 Å². The van der Waals surface area contributed by atoms with Gasteiger partial charge in [-0.15, -0.1) is 0 Å². The first-order chi connectivity index (χ1) is 13.9. The molecule has 0 radical (unpaired) electrons. The molecular weight excluding hydrogens is 392 g/mol. The summed E-state index contributed by atoms with van der Waals surface area (Å²) in [6, 6.07) is 12.5. The fourth-order valence-corrected chi connectivity index (χ4v) is 4.59. The number of methoxy groups -OCH3 is 2. The van der Waals surface area contributed by atoms with Crippen LogP contribution in [0.15, 0.2) is 47.4 Å². The number of nitrogens with one attached hydrogen (secondary N) is 1. The molecule has 2 aromatic carbocycles. The fraction of sp³-hybridized carbons (Fsp3) is 0.429. The van der Waals surface area contributed by atoms with Crippen LogP contribution < -0.4 is 14.2 Å². The molecule has 1 unspecified atom stereocenters. The number of nitrogens with zero attached hydrogens (tertiary/aromatic N) is 1. The number of sulfonamides is 1. The Morgan fingerprint density at radius 2 is 1.76 bits per heavy atom. The predicted molar refractivity (Wildman–Crippen MR) is 111 cm³/mol. The summed E-state index contributed by atoms with van der Waals surface area (Å²) in [5.41, 5.74) is 1.80. The van der Waals surface area contributed by atoms with E-state index in [1.807, 2.05) is 31.2 Å². The summed E-state index contributed by atoms with van der Waals surface area (Å²) >= 11 is 0. The summed E-state index contributed by atoms with van der Waals surface area (Å²) in [6.45, 7) is 4.86. The van der Waals surface area contributed by atoms with Gasteiger partial charge < -0.3 is 14.2 Å². The van der Waals surface area contributed by atoms with Gasteiger partial charge in [0.05, 0.1) is 32.3 Å². The Labute approximate surface area is 172 Å². The van der Waals surface area contributed by atoms with Crippen LogP contribution >= 0.6 is 0 Å². The lowest BCUT2D eigenvalue weighted by molar-refractivity contribution is 0.0172. The number of hydrogen-bond acceptors (Lipinski definition) is 6. The minimum Gasteiger partial charge on any atom is -0.497 e. The molecule has 1 heterocycles. The van der Waals surface area contributed by atoms with Gasteiger partial charge in [-0.2, -0.15) is 0 Å². The van der Waals surface area contributed by atoms with Crippen molar-refractivity contribution in [3.05, 3.63) is 53.6 Å². The number of morpholine rings is 1. The quantitative estimate of drug-likeness (QED) is 0.707. The number of benzene rings is 2. The van der Waals surface area contributed by atoms with Crippen LogP contribution in [-0.4, -0.2) is 60.4 Å². The molecule has 1 N–H and O–H groups in total. The molecular formula is C21H28N2O5S. The largest absolute Gasteiger partial charge is 0.497 e. The Bertz CT molecular complexity index is 909. The maximum atomic E-state index is 12.9. The average molecular weight is 421 g/mol. The summed E-state index contributed by atoms with van der Waals surface area (Å²) in [6.07, 6.45) is 0. The van der Waals surface area contributed by atoms with Crippen molar-refractivity contribution in [1.82, 2.24) is 9.62 Å². The molecule has 1 aliphatic rings. The second-order valence-electron chi connectivity index (χ2n) is 6.92. The minimum atomic E-state index is -3.65. The highest BCUT2D eigenvalue weighted by molar-refractivity contribution is 7.89. The molecule has 0 spiro atoms. The Kier molecular flexibility index (Phi) is 7.13. The van der Waals surface area contributed by atoms with Crippen molar-refractivity contribution >= 4 is 10.0 Å². The summed E-state index contributed by atoms with van der Waals surface area (Å²) in [5, 5.41) is 0. The molecule has 29 heavy (non-hydrogen) atoms. The lowest BCUT2D eigenvalue weighted by atomic mass is 10.0. The second-order valence-corrected chi connectivity index (χ2v) is 8.69. The van der Waals surface area contributed by atoms with E-state index in [1.54, 1.807) is 32.4 Å². The zero-order valence-electron chi connectivity index (χ0n) is 17.1. The Morgan fingerprint density at radius 3 is 2.34 bits per heavy atom. The molecule has 0 aromatic heterocycles. The third-order valence-corrected chi connectivity index (χ3v) is 6.55. The van der Waals surface area contributed by atoms with E-state index < -0.39 is 10.0 Å². The summed E-state index contributed by atoms with van der Waals surface area (Å²) < 4.78 is 44.5. The molecule has 1 fully saturated rings. The van der Waals surface area contributed by atoms with Crippen molar-refractivity contribution in [2.45, 2.75) is 17.9 Å². The van der Waals surface area contributed by atoms with Gasteiger partial charge in [0.2, 0.25) is 10.0 Å². The van der Waals surface area contributed by atoms with E-state index in [2.05, 4.69) is 9.62 Å². The minimum absolute atomic E-state index is 0.0982. The number of ether oxygens (including phenoxy) is 3. The predicted octanol–water partition coefficient (Wildman–Crippen LogP) is 2.36. The summed E-state index contributed by atoms with van der Waals surface area (Å²) in [5.74, 6) is 1.43. The molecule has 3 rings (SSSR count). The smallest absolute Gasteiger partial charge is 0.240 e. The standard InChI is InChI=1S/C21H28N2O5S/c1-16-14-19(8-9-21(16)27-3)29(24,25)22-15-20(23-10-12-28-13-11-23)17-4-6-18(26-2)7-5-17/h4-9,14,20,22H,10-13,15H2,1-3H3. The molecule has 158 valence electrons. The number of rotatable bonds is 8. The highest BCUT2D eigenvalue weighted by Gasteiger charge is 2.25. The Hall–Kier alpha value is -2.13. The molecule has 0 bridgehead atoms. The molecule has 0 amide bonds. The Morgan fingerprint density at radius 1 is 1.07 bits per heavy atom. The first-order valence-electron chi connectivity index (χ1n) is 9.54. The van der Waals surface area contributed by atoms with Crippen LogP contribution in [0.5, 0.6) is 11.5 Å². The van der Waals surface area contributed by atoms with E-state index in [-0.39, 0.29) is 17.5 Å². The van der Waals surface area contributed by atoms with Gasteiger partial charge in [-0.25, -0.2) is 13.1 Å². The number of hydrogen-bond donors (Lipinski definition) is 1. The molecule has 0 aliphatic carbocycles. The summed E-state index contributed by atoms with van der Waals surface area (Å²) in [7, 11) is -0.460. The van der Waals surface area contributed by atoms with Crippen molar-refractivity contribution in [1.29, 1.82) is 0 Å². The van der Waals surface area contributed by atoms with Gasteiger partial charge in [0, 0.05) is 25.7 Å². The van der Waals surface area contributed by atoms with Gasteiger partial charge in [-0.3, -0.25) is 4.90 Å². The average Bonchev–Trinajstić information content (AvgIpc) is 2.75. The third kappa shape index (κ3) is 5.27. The van der Waals surface area contributed by atoms with E-state index in [4.69, 9.17) is 14.2 Å². The molecule has 2 aromatic rings. The molecule has 1 atom stereocenters. The van der Waals surface area contributed by atoms with Gasteiger partial charge >= 0.3 is 0 Å². The SMILES string of the molecule is COc1ccc(C(CNS(=O)(=O)c2ccc(OC)c(C)c2)N2CCOCC2)cc1. The lowest BCUT2D eigenvalue weighted by Gasteiger charge is -2.35. The van der Waals surface area contributed by atoms with Gasteiger partial charge in [0.1, 0.15) is 11.5 Å². The zero-order chi connectivity index (χ0) is 20.9. The van der Waals surface area contributed by atoms with Crippen LogP contribution in [0.1, 0.15) is 17.2 Å². The van der Waals surface area contributed by atoms with Gasteiger partial charge in [-0.1, -0.05) is 12.1 Å².